The molecule has 0 spiro atoms. The second kappa shape index (κ2) is 11.1. The van der Waals surface area contributed by atoms with E-state index in [4.69, 9.17) is 16.3 Å². The van der Waals surface area contributed by atoms with Crippen molar-refractivity contribution in [3.8, 4) is 11.5 Å². The Morgan fingerprint density at radius 3 is 1.41 bits per heavy atom. The van der Waals surface area contributed by atoms with Crippen molar-refractivity contribution in [2.75, 3.05) is 26.3 Å². The van der Waals surface area contributed by atoms with E-state index >= 15 is 0 Å². The van der Waals surface area contributed by atoms with Gasteiger partial charge in [-0.25, -0.2) is 9.98 Å². The van der Waals surface area contributed by atoms with Gasteiger partial charge < -0.3 is 19.7 Å². The number of phenols is 2. The van der Waals surface area contributed by atoms with E-state index in [1.807, 2.05) is 12.1 Å². The molecule has 0 aliphatic carbocycles. The zero-order valence-corrected chi connectivity index (χ0v) is 16.3. The molecule has 2 heterocycles. The maximum atomic E-state index is 9.41. The quantitative estimate of drug-likeness (QED) is 0.672. The van der Waals surface area contributed by atoms with Gasteiger partial charge in [0, 0.05) is 0 Å². The molecule has 2 N–H and O–H groups in total. The van der Waals surface area contributed by atoms with E-state index in [9.17, 15) is 10.2 Å². The predicted octanol–water partition coefficient (Wildman–Crippen LogP) is 2.10. The predicted molar refractivity (Wildman–Crippen MR) is 92.3 cm³/mol. The number of para-hydroxylation sites is 2. The second-order valence-electron chi connectivity index (χ2n) is 5.17. The van der Waals surface area contributed by atoms with E-state index in [0.29, 0.717) is 49.2 Å². The van der Waals surface area contributed by atoms with Gasteiger partial charge >= 0.3 is 25.3 Å². The number of benzene rings is 2. The van der Waals surface area contributed by atoms with Crippen LogP contribution in [0.2, 0.25) is 0 Å². The van der Waals surface area contributed by atoms with Crippen molar-refractivity contribution in [3.63, 3.8) is 0 Å². The first-order valence-corrected chi connectivity index (χ1v) is 9.64. The molecule has 2 aliphatic rings. The van der Waals surface area contributed by atoms with Crippen LogP contribution in [0.4, 0.5) is 0 Å². The molecule has 2 aliphatic heterocycles. The number of rotatable bonds is 2. The van der Waals surface area contributed by atoms with Crippen LogP contribution in [0.5, 0.6) is 11.5 Å². The standard InChI is InChI=1S/2C9H9NO2.Mo.2O/c2*11-8-4-2-1-3-7(8)9-10-5-6-12-9;;;/h2*1-4,11H,5-6H2;;;. The van der Waals surface area contributed by atoms with Gasteiger partial charge in [-0.3, -0.25) is 0 Å². The Morgan fingerprint density at radius 2 is 1.11 bits per heavy atom. The summed E-state index contributed by atoms with van der Waals surface area (Å²) in [6.07, 6.45) is 0. The van der Waals surface area contributed by atoms with Gasteiger partial charge in [-0.15, -0.1) is 0 Å². The molecule has 0 fully saturated rings. The minimum absolute atomic E-state index is 0.221. The van der Waals surface area contributed by atoms with Gasteiger partial charge in [0.25, 0.3) is 0 Å². The third-order valence-electron chi connectivity index (χ3n) is 3.44. The van der Waals surface area contributed by atoms with Crippen molar-refractivity contribution in [3.05, 3.63) is 59.7 Å². The summed E-state index contributed by atoms with van der Waals surface area (Å²) in [6.45, 7) is 2.60. The summed E-state index contributed by atoms with van der Waals surface area (Å²) >= 11 is -2.03. The molecule has 0 saturated carbocycles. The summed E-state index contributed by atoms with van der Waals surface area (Å²) in [7, 11) is 0. The maximum absolute atomic E-state index is 9.41. The van der Waals surface area contributed by atoms with E-state index < -0.39 is 18.5 Å². The third kappa shape index (κ3) is 6.18. The van der Waals surface area contributed by atoms with E-state index in [1.54, 1.807) is 36.4 Å². The van der Waals surface area contributed by atoms with Crippen LogP contribution in [0.25, 0.3) is 0 Å². The number of aliphatic imine (C=N–C) groups is 2. The Morgan fingerprint density at radius 1 is 0.741 bits per heavy atom. The van der Waals surface area contributed by atoms with E-state index in [0.717, 1.165) is 0 Å². The number of aromatic hydroxyl groups is 2. The molecule has 0 unspecified atom stereocenters. The van der Waals surface area contributed by atoms with Crippen LogP contribution in [-0.4, -0.2) is 48.3 Å². The number of hydrogen-bond acceptors (Lipinski definition) is 8. The first-order chi connectivity index (χ1) is 13.2. The van der Waals surface area contributed by atoms with Gasteiger partial charge in [0.05, 0.1) is 24.2 Å². The molecule has 0 amide bonds. The van der Waals surface area contributed by atoms with Gasteiger partial charge in [-0.1, -0.05) is 24.3 Å². The van der Waals surface area contributed by atoms with Gasteiger partial charge in [0.15, 0.2) is 0 Å². The Bertz CT molecular complexity index is 797. The van der Waals surface area contributed by atoms with Crippen molar-refractivity contribution in [2.45, 2.75) is 0 Å². The fourth-order valence-electron chi connectivity index (χ4n) is 2.31. The fraction of sp³-hybridized carbons (Fsp3) is 0.222. The van der Waals surface area contributed by atoms with Gasteiger partial charge in [0.1, 0.15) is 24.7 Å². The molecule has 27 heavy (non-hydrogen) atoms. The Labute approximate surface area is 164 Å². The van der Waals surface area contributed by atoms with Crippen LogP contribution in [0.1, 0.15) is 11.1 Å². The molecule has 8 nitrogen and oxygen atoms in total. The average molecular weight is 454 g/mol. The summed E-state index contributed by atoms with van der Waals surface area (Å²) in [6, 6.07) is 14.1. The summed E-state index contributed by atoms with van der Waals surface area (Å²) in [5, 5.41) is 18.8. The molecule has 4 rings (SSSR count). The SMILES string of the molecule is Oc1ccccc1C1=NCCO1.Oc1ccccc1C1=NCCO1.[O]=[Mo]=[O]. The summed E-state index contributed by atoms with van der Waals surface area (Å²) < 4.78 is 27.4. The molecule has 142 valence electrons. The van der Waals surface area contributed by atoms with Crippen molar-refractivity contribution in [1.29, 1.82) is 0 Å². The molecule has 0 saturated heterocycles. The molecule has 9 heteroatoms. The molecule has 2 aromatic rings. The topological polar surface area (TPSA) is 118 Å². The van der Waals surface area contributed by atoms with E-state index in [-0.39, 0.29) is 11.5 Å². The third-order valence-corrected chi connectivity index (χ3v) is 3.44. The zero-order chi connectivity index (χ0) is 19.5. The monoisotopic (exact) mass is 456 g/mol. The van der Waals surface area contributed by atoms with E-state index in [1.165, 1.54) is 0 Å². The molecule has 0 bridgehead atoms. The number of hydrogen-bond donors (Lipinski definition) is 2. The molecule has 2 aromatic carbocycles. The first-order valence-electron chi connectivity index (χ1n) is 8.00. The van der Waals surface area contributed by atoms with Crippen molar-refractivity contribution in [1.82, 2.24) is 0 Å². The Hall–Kier alpha value is -2.73. The van der Waals surface area contributed by atoms with E-state index in [2.05, 4.69) is 9.98 Å². The van der Waals surface area contributed by atoms with Crippen molar-refractivity contribution < 1.29 is 45.0 Å². The number of phenolic OH excluding ortho intramolecular Hbond substituents is 2. The zero-order valence-electron chi connectivity index (χ0n) is 14.3. The van der Waals surface area contributed by atoms with Crippen LogP contribution in [0, 0.1) is 0 Å². The fourth-order valence-corrected chi connectivity index (χ4v) is 2.31. The Kier molecular flexibility index (Phi) is 8.45. The van der Waals surface area contributed by atoms with Crippen molar-refractivity contribution in [2.24, 2.45) is 9.98 Å². The molecular weight excluding hydrogens is 436 g/mol. The Balaban J connectivity index is 0.000000170. The van der Waals surface area contributed by atoms with Crippen molar-refractivity contribution >= 4 is 11.8 Å². The summed E-state index contributed by atoms with van der Waals surface area (Å²) in [5.74, 6) is 1.54. The molecule has 0 aromatic heterocycles. The summed E-state index contributed by atoms with van der Waals surface area (Å²) in [5.41, 5.74) is 1.35. The van der Waals surface area contributed by atoms with Gasteiger partial charge in [0.2, 0.25) is 11.8 Å². The van der Waals surface area contributed by atoms with Gasteiger partial charge in [-0.05, 0) is 24.3 Å². The molecule has 0 atom stereocenters. The molecular formula is C18H18MoN2O6. The number of nitrogens with zero attached hydrogens (tertiary/aromatic N) is 2. The normalized spacial score (nSPS) is 14.2. The first kappa shape index (κ1) is 20.6. The number of ether oxygens (including phenoxy) is 2. The molecule has 0 radical (unpaired) electrons. The van der Waals surface area contributed by atoms with Crippen LogP contribution in [0.3, 0.4) is 0 Å². The minimum atomic E-state index is -2.03. The van der Waals surface area contributed by atoms with Crippen LogP contribution < -0.4 is 0 Å². The van der Waals surface area contributed by atoms with Gasteiger partial charge in [-0.2, -0.15) is 0 Å². The average Bonchev–Trinajstić information content (AvgIpc) is 3.38. The van der Waals surface area contributed by atoms with Crippen LogP contribution in [0.15, 0.2) is 58.5 Å². The van der Waals surface area contributed by atoms with Crippen LogP contribution in [-0.2, 0) is 34.8 Å². The van der Waals surface area contributed by atoms with Crippen LogP contribution >= 0.6 is 0 Å². The second-order valence-corrected chi connectivity index (χ2v) is 5.51. The summed E-state index contributed by atoms with van der Waals surface area (Å²) in [4.78, 5) is 8.20.